The molecule has 2 N–H and O–H groups in total. The molecule has 27 heavy (non-hydrogen) atoms. The number of carbonyl (C=O) groups excluding carboxylic acids is 1. The molecule has 5 nitrogen and oxygen atoms in total. The fourth-order valence-electron chi connectivity index (χ4n) is 2.44. The van der Waals surface area contributed by atoms with Crippen molar-refractivity contribution in [2.24, 2.45) is 0 Å². The Morgan fingerprint density at radius 1 is 1.33 bits per heavy atom. The van der Waals surface area contributed by atoms with Crippen LogP contribution in [0.2, 0.25) is 5.02 Å². The van der Waals surface area contributed by atoms with E-state index in [1.165, 1.54) is 24.3 Å². The van der Waals surface area contributed by atoms with Crippen LogP contribution in [0.5, 0.6) is 5.75 Å². The predicted molar refractivity (Wildman–Crippen MR) is 93.7 cm³/mol. The highest BCUT2D eigenvalue weighted by atomic mass is 35.5. The highest BCUT2D eigenvalue weighted by Gasteiger charge is 2.33. The molecule has 1 amide bonds. The van der Waals surface area contributed by atoms with Crippen molar-refractivity contribution in [3.8, 4) is 18.1 Å². The van der Waals surface area contributed by atoms with Crippen molar-refractivity contribution in [2.45, 2.75) is 12.4 Å². The van der Waals surface area contributed by atoms with E-state index < -0.39 is 24.1 Å². The molecule has 0 saturated carbocycles. The Kier molecular flexibility index (Phi) is 5.06. The van der Waals surface area contributed by atoms with Crippen molar-refractivity contribution in [3.63, 3.8) is 0 Å². The molecular formula is C18H12ClF3N2O3. The van der Waals surface area contributed by atoms with Crippen LogP contribution < -0.4 is 15.4 Å². The number of nitrogens with one attached hydrogen (secondary N) is 2. The van der Waals surface area contributed by atoms with Crippen LogP contribution in [0.1, 0.15) is 17.4 Å². The van der Waals surface area contributed by atoms with Gasteiger partial charge in [0.25, 0.3) is 0 Å². The molecule has 3 rings (SSSR count). The molecule has 140 valence electrons. The summed E-state index contributed by atoms with van der Waals surface area (Å²) in [5, 5.41) is 5.62. The molecular weight excluding hydrogens is 385 g/mol. The Morgan fingerprint density at radius 3 is 2.81 bits per heavy atom. The van der Waals surface area contributed by atoms with Gasteiger partial charge in [-0.3, -0.25) is 5.32 Å². The fourth-order valence-corrected chi connectivity index (χ4v) is 2.66. The van der Waals surface area contributed by atoms with Crippen LogP contribution in [0.4, 0.5) is 29.3 Å². The summed E-state index contributed by atoms with van der Waals surface area (Å²) < 4.78 is 48.9. The Labute approximate surface area is 157 Å². The molecule has 9 heteroatoms. The SMILES string of the molecule is C#CCOC(=O)Nc1ccc(Cl)c(C2Nc3cc(C(F)(F)F)ccc3O2)c1. The molecule has 0 spiro atoms. The van der Waals surface area contributed by atoms with Crippen LogP contribution in [0.15, 0.2) is 36.4 Å². The highest BCUT2D eigenvalue weighted by molar-refractivity contribution is 6.31. The summed E-state index contributed by atoms with van der Waals surface area (Å²) in [6.45, 7) is -0.184. The van der Waals surface area contributed by atoms with Gasteiger partial charge in [-0.25, -0.2) is 4.79 Å². The second-order valence-electron chi connectivity index (χ2n) is 5.49. The van der Waals surface area contributed by atoms with E-state index in [1.807, 2.05) is 0 Å². The zero-order valence-electron chi connectivity index (χ0n) is 13.6. The zero-order valence-corrected chi connectivity index (χ0v) is 14.3. The number of fused-ring (bicyclic) bond motifs is 1. The number of hydrogen-bond donors (Lipinski definition) is 2. The summed E-state index contributed by atoms with van der Waals surface area (Å²) in [4.78, 5) is 11.6. The maximum Gasteiger partial charge on any atom is 0.416 e. The number of anilines is 2. The maximum atomic E-state index is 12.8. The smallest absolute Gasteiger partial charge is 0.416 e. The minimum Gasteiger partial charge on any atom is -0.464 e. The van der Waals surface area contributed by atoms with Crippen molar-refractivity contribution < 1.29 is 27.4 Å². The standard InChI is InChI=1S/C18H12ClF3N2O3/c1-2-7-26-17(25)23-11-4-5-13(19)12(9-11)16-24-14-8-10(18(20,21)22)3-6-15(14)27-16/h1,3-6,8-9,16,24H,7H2,(H,23,25). The van der Waals surface area contributed by atoms with Gasteiger partial charge in [0.15, 0.2) is 12.8 Å². The summed E-state index contributed by atoms with van der Waals surface area (Å²) in [7, 11) is 0. The van der Waals surface area contributed by atoms with E-state index in [9.17, 15) is 18.0 Å². The first-order valence-corrected chi connectivity index (χ1v) is 7.97. The number of terminal acetylenes is 1. The Hall–Kier alpha value is -3.05. The largest absolute Gasteiger partial charge is 0.464 e. The van der Waals surface area contributed by atoms with Gasteiger partial charge in [-0.1, -0.05) is 17.5 Å². The number of benzene rings is 2. The third-order valence-corrected chi connectivity index (χ3v) is 3.99. The van der Waals surface area contributed by atoms with Crippen LogP contribution in [0.25, 0.3) is 0 Å². The summed E-state index contributed by atoms with van der Waals surface area (Å²) in [5.74, 6) is 2.42. The highest BCUT2D eigenvalue weighted by Crippen LogP contribution is 2.43. The number of amides is 1. The van der Waals surface area contributed by atoms with Gasteiger partial charge in [-0.2, -0.15) is 13.2 Å². The first-order valence-electron chi connectivity index (χ1n) is 7.59. The van der Waals surface area contributed by atoms with Crippen molar-refractivity contribution in [1.82, 2.24) is 0 Å². The Morgan fingerprint density at radius 2 is 2.11 bits per heavy atom. The molecule has 0 fully saturated rings. The molecule has 1 aliphatic heterocycles. The molecule has 0 saturated heterocycles. The number of alkyl halides is 3. The summed E-state index contributed by atoms with van der Waals surface area (Å²) >= 11 is 6.17. The van der Waals surface area contributed by atoms with E-state index in [4.69, 9.17) is 27.5 Å². The monoisotopic (exact) mass is 396 g/mol. The van der Waals surface area contributed by atoms with Crippen LogP contribution in [0, 0.1) is 12.3 Å². The molecule has 1 aliphatic rings. The summed E-state index contributed by atoms with van der Waals surface area (Å²) in [5.41, 5.74) is 0.179. The summed E-state index contributed by atoms with van der Waals surface area (Å²) in [6.07, 6.45) is -1.03. The van der Waals surface area contributed by atoms with Gasteiger partial charge in [0.1, 0.15) is 5.75 Å². The molecule has 2 aromatic carbocycles. The van der Waals surface area contributed by atoms with Crippen molar-refractivity contribution in [3.05, 3.63) is 52.5 Å². The molecule has 0 aromatic heterocycles. The Bertz CT molecular complexity index is 925. The van der Waals surface area contributed by atoms with Gasteiger partial charge < -0.3 is 14.8 Å². The van der Waals surface area contributed by atoms with E-state index >= 15 is 0 Å². The van der Waals surface area contributed by atoms with E-state index in [0.29, 0.717) is 16.3 Å². The van der Waals surface area contributed by atoms with Crippen LogP contribution in [-0.2, 0) is 10.9 Å². The van der Waals surface area contributed by atoms with E-state index in [2.05, 4.69) is 16.6 Å². The molecule has 0 aliphatic carbocycles. The van der Waals surface area contributed by atoms with Gasteiger partial charge in [-0.05, 0) is 36.4 Å². The van der Waals surface area contributed by atoms with E-state index in [1.54, 1.807) is 0 Å². The maximum absolute atomic E-state index is 12.8. The van der Waals surface area contributed by atoms with Crippen LogP contribution >= 0.6 is 11.6 Å². The number of hydrogen-bond acceptors (Lipinski definition) is 4. The quantitative estimate of drug-likeness (QED) is 0.713. The summed E-state index contributed by atoms with van der Waals surface area (Å²) in [6, 6.07) is 7.70. The number of rotatable bonds is 3. The predicted octanol–water partition coefficient (Wildman–Crippen LogP) is 5.04. The average Bonchev–Trinajstić information content (AvgIpc) is 3.03. The molecule has 1 heterocycles. The van der Waals surface area contributed by atoms with Gasteiger partial charge >= 0.3 is 12.3 Å². The third-order valence-electron chi connectivity index (χ3n) is 3.65. The lowest BCUT2D eigenvalue weighted by molar-refractivity contribution is -0.137. The van der Waals surface area contributed by atoms with Gasteiger partial charge in [-0.15, -0.1) is 6.42 Å². The van der Waals surface area contributed by atoms with Crippen LogP contribution in [0.3, 0.4) is 0 Å². The second-order valence-corrected chi connectivity index (χ2v) is 5.90. The second kappa shape index (κ2) is 7.29. The topological polar surface area (TPSA) is 59.6 Å². The molecule has 0 bridgehead atoms. The van der Waals surface area contributed by atoms with E-state index in [0.717, 1.165) is 12.1 Å². The minimum absolute atomic E-state index is 0.184. The first kappa shape index (κ1) is 18.7. The van der Waals surface area contributed by atoms with Crippen molar-refractivity contribution in [2.75, 3.05) is 17.2 Å². The molecule has 2 aromatic rings. The lowest BCUT2D eigenvalue weighted by atomic mass is 10.1. The number of carbonyl (C=O) groups is 1. The Balaban J connectivity index is 1.80. The number of ether oxygens (including phenoxy) is 2. The first-order chi connectivity index (χ1) is 12.8. The van der Waals surface area contributed by atoms with Gasteiger partial charge in [0.05, 0.1) is 11.3 Å². The fraction of sp³-hybridized carbons (Fsp3) is 0.167. The van der Waals surface area contributed by atoms with Gasteiger partial charge in [0, 0.05) is 16.3 Å². The van der Waals surface area contributed by atoms with Gasteiger partial charge in [0.2, 0.25) is 0 Å². The van der Waals surface area contributed by atoms with Crippen molar-refractivity contribution >= 4 is 29.1 Å². The molecule has 0 radical (unpaired) electrons. The average molecular weight is 397 g/mol. The van der Waals surface area contributed by atoms with Crippen molar-refractivity contribution in [1.29, 1.82) is 0 Å². The van der Waals surface area contributed by atoms with E-state index in [-0.39, 0.29) is 18.0 Å². The lowest BCUT2D eigenvalue weighted by Gasteiger charge is -2.15. The lowest BCUT2D eigenvalue weighted by Crippen LogP contribution is -2.15. The van der Waals surface area contributed by atoms with Crippen LogP contribution in [-0.4, -0.2) is 12.7 Å². The molecule has 1 atom stereocenters. The minimum atomic E-state index is -4.46. The third kappa shape index (κ3) is 4.20. The normalized spacial score (nSPS) is 15.1. The molecule has 1 unspecified atom stereocenters. The number of halogens is 4. The zero-order chi connectivity index (χ0) is 19.6.